The molecule has 7 nitrogen and oxygen atoms in total. The Kier molecular flexibility index (Phi) is 2.52. The molecular formula is C5H8N2O5S. The minimum atomic E-state index is -4.39. The molecule has 0 saturated carbocycles. The van der Waals surface area contributed by atoms with Crippen LogP contribution in [0.2, 0.25) is 0 Å². The van der Waals surface area contributed by atoms with E-state index in [2.05, 4.69) is 9.99 Å². The molecule has 1 N–H and O–H groups in total. The first kappa shape index (κ1) is 9.93. The van der Waals surface area contributed by atoms with Crippen LogP contribution in [0.3, 0.4) is 0 Å². The maximum Gasteiger partial charge on any atom is 0.362 e. The summed E-state index contributed by atoms with van der Waals surface area (Å²) in [6.45, 7) is -0.0927. The molecule has 0 aliphatic carbocycles. The van der Waals surface area contributed by atoms with Gasteiger partial charge in [-0.05, 0) is 0 Å². The summed E-state index contributed by atoms with van der Waals surface area (Å²) in [4.78, 5) is 15.3. The molecule has 0 bridgehead atoms. The van der Waals surface area contributed by atoms with E-state index < -0.39 is 22.1 Å². The van der Waals surface area contributed by atoms with E-state index in [1.807, 2.05) is 0 Å². The fourth-order valence-electron chi connectivity index (χ4n) is 0.872. The molecule has 0 radical (unpaired) electrons. The number of hydrogen-bond acceptors (Lipinski definition) is 5. The van der Waals surface area contributed by atoms with Crippen molar-refractivity contribution in [1.82, 2.24) is 4.31 Å². The highest BCUT2D eigenvalue weighted by molar-refractivity contribution is 7.84. The highest BCUT2D eigenvalue weighted by Crippen LogP contribution is 2.18. The zero-order chi connectivity index (χ0) is 10.1. The molecule has 0 spiro atoms. The summed E-state index contributed by atoms with van der Waals surface area (Å²) in [6, 6.07) is 0. The molecule has 0 aromatic rings. The lowest BCUT2D eigenvalue weighted by molar-refractivity contribution is -0.136. The topological polar surface area (TPSA) is 96.3 Å². The van der Waals surface area contributed by atoms with Crippen molar-refractivity contribution in [3.8, 4) is 0 Å². The van der Waals surface area contributed by atoms with Crippen molar-refractivity contribution in [3.63, 3.8) is 0 Å². The first-order chi connectivity index (χ1) is 5.96. The molecule has 13 heavy (non-hydrogen) atoms. The fraction of sp³-hybridized carbons (Fsp3) is 0.600. The van der Waals surface area contributed by atoms with Crippen molar-refractivity contribution in [1.29, 1.82) is 0 Å². The van der Waals surface area contributed by atoms with Crippen molar-refractivity contribution < 1.29 is 22.6 Å². The van der Waals surface area contributed by atoms with Gasteiger partial charge in [-0.3, -0.25) is 9.35 Å². The molecule has 1 saturated heterocycles. The summed E-state index contributed by atoms with van der Waals surface area (Å²) in [6.07, 6.45) is 1.18. The second-order valence-electron chi connectivity index (χ2n) is 2.39. The van der Waals surface area contributed by atoms with Crippen molar-refractivity contribution >= 4 is 22.4 Å². The number of carbonyl (C=O) groups excluding carboxylic acids is 1. The molecule has 1 fully saturated rings. The number of amides is 1. The SMILES string of the molecule is CON=CC1CN(S(=O)(=O)O)C1=O. The van der Waals surface area contributed by atoms with Gasteiger partial charge in [0.1, 0.15) is 7.11 Å². The average Bonchev–Trinajstić information content (AvgIpc) is 2.00. The summed E-state index contributed by atoms with van der Waals surface area (Å²) in [5, 5.41) is 3.31. The largest absolute Gasteiger partial charge is 0.399 e. The Morgan fingerprint density at radius 2 is 2.38 bits per heavy atom. The van der Waals surface area contributed by atoms with Crippen molar-refractivity contribution in [2.24, 2.45) is 11.1 Å². The van der Waals surface area contributed by atoms with E-state index in [1.54, 1.807) is 0 Å². The van der Waals surface area contributed by atoms with Gasteiger partial charge < -0.3 is 4.84 Å². The molecule has 1 aliphatic rings. The number of β-lactam (4-membered cyclic amide) rings is 1. The summed E-state index contributed by atoms with van der Waals surface area (Å²) in [7, 11) is -3.09. The van der Waals surface area contributed by atoms with Gasteiger partial charge in [-0.25, -0.2) is 4.31 Å². The lowest BCUT2D eigenvalue weighted by Crippen LogP contribution is -2.55. The third kappa shape index (κ3) is 1.95. The molecule has 1 atom stereocenters. The van der Waals surface area contributed by atoms with Gasteiger partial charge in [-0.2, -0.15) is 8.42 Å². The molecule has 8 heteroatoms. The Balaban J connectivity index is 2.59. The summed E-state index contributed by atoms with van der Waals surface area (Å²) >= 11 is 0. The van der Waals surface area contributed by atoms with Gasteiger partial charge in [0.15, 0.2) is 0 Å². The second-order valence-corrected chi connectivity index (χ2v) is 3.73. The lowest BCUT2D eigenvalue weighted by atomic mass is 10.0. The third-order valence-corrected chi connectivity index (χ3v) is 2.44. The molecule has 1 aliphatic heterocycles. The van der Waals surface area contributed by atoms with Crippen LogP contribution in [0.1, 0.15) is 0 Å². The van der Waals surface area contributed by atoms with Crippen LogP contribution in [0, 0.1) is 5.92 Å². The minimum Gasteiger partial charge on any atom is -0.399 e. The lowest BCUT2D eigenvalue weighted by Gasteiger charge is -2.32. The zero-order valence-electron chi connectivity index (χ0n) is 6.74. The van der Waals surface area contributed by atoms with E-state index >= 15 is 0 Å². The van der Waals surface area contributed by atoms with Crippen LogP contribution in [0.15, 0.2) is 5.16 Å². The van der Waals surface area contributed by atoms with Gasteiger partial charge in [-0.15, -0.1) is 0 Å². The Hall–Kier alpha value is -1.15. The molecule has 0 aromatic heterocycles. The quantitative estimate of drug-likeness (QED) is 0.274. The van der Waals surface area contributed by atoms with Gasteiger partial charge in [0.2, 0.25) is 5.91 Å². The Morgan fingerprint density at radius 1 is 1.77 bits per heavy atom. The van der Waals surface area contributed by atoms with Crippen molar-refractivity contribution in [2.75, 3.05) is 13.7 Å². The number of oxime groups is 1. The van der Waals surface area contributed by atoms with Crippen LogP contribution >= 0.6 is 0 Å². The van der Waals surface area contributed by atoms with Gasteiger partial charge in [-0.1, -0.05) is 5.16 Å². The van der Waals surface area contributed by atoms with Crippen molar-refractivity contribution in [2.45, 2.75) is 0 Å². The standard InChI is InChI=1S/C5H8N2O5S/c1-12-6-2-4-3-7(5(4)8)13(9,10)11/h2,4H,3H2,1H3,(H,9,10,11). The highest BCUT2D eigenvalue weighted by atomic mass is 32.2. The Morgan fingerprint density at radius 3 is 2.77 bits per heavy atom. The molecule has 1 unspecified atom stereocenters. The maximum absolute atomic E-state index is 11.0. The van der Waals surface area contributed by atoms with Crippen molar-refractivity contribution in [3.05, 3.63) is 0 Å². The van der Waals surface area contributed by atoms with Crippen LogP contribution in [0.5, 0.6) is 0 Å². The smallest absolute Gasteiger partial charge is 0.362 e. The first-order valence-electron chi connectivity index (χ1n) is 3.32. The van der Waals surface area contributed by atoms with E-state index in [4.69, 9.17) is 4.55 Å². The predicted molar refractivity (Wildman–Crippen MR) is 42.3 cm³/mol. The molecule has 1 rings (SSSR count). The van der Waals surface area contributed by atoms with Gasteiger partial charge >= 0.3 is 10.3 Å². The zero-order valence-corrected chi connectivity index (χ0v) is 7.56. The molecular weight excluding hydrogens is 200 g/mol. The fourth-order valence-corrected chi connectivity index (χ4v) is 1.58. The summed E-state index contributed by atoms with van der Waals surface area (Å²) in [5.41, 5.74) is 0. The molecule has 1 heterocycles. The number of rotatable bonds is 3. The summed E-state index contributed by atoms with van der Waals surface area (Å²) in [5.74, 6) is -1.33. The van der Waals surface area contributed by atoms with E-state index in [1.165, 1.54) is 13.3 Å². The summed E-state index contributed by atoms with van der Waals surface area (Å²) < 4.78 is 29.7. The van der Waals surface area contributed by atoms with Crippen LogP contribution in [0.4, 0.5) is 0 Å². The van der Waals surface area contributed by atoms with E-state index in [-0.39, 0.29) is 6.54 Å². The van der Waals surface area contributed by atoms with Crippen LogP contribution in [-0.4, -0.2) is 43.1 Å². The number of nitrogens with zero attached hydrogens (tertiary/aromatic N) is 2. The van der Waals surface area contributed by atoms with Gasteiger partial charge in [0.05, 0.1) is 18.7 Å². The average molecular weight is 208 g/mol. The van der Waals surface area contributed by atoms with Crippen LogP contribution < -0.4 is 0 Å². The number of hydrogen-bond donors (Lipinski definition) is 1. The van der Waals surface area contributed by atoms with E-state index in [0.29, 0.717) is 4.31 Å². The molecule has 1 amide bonds. The van der Waals surface area contributed by atoms with Gasteiger partial charge in [0.25, 0.3) is 0 Å². The normalized spacial score (nSPS) is 23.4. The van der Waals surface area contributed by atoms with Crippen LogP contribution in [0.25, 0.3) is 0 Å². The monoisotopic (exact) mass is 208 g/mol. The van der Waals surface area contributed by atoms with Gasteiger partial charge in [0, 0.05) is 0 Å². The Labute approximate surface area is 74.8 Å². The second kappa shape index (κ2) is 3.30. The van der Waals surface area contributed by atoms with E-state index in [0.717, 1.165) is 0 Å². The number of carbonyl (C=O) groups is 1. The Bertz CT molecular complexity index is 335. The molecule has 0 aromatic carbocycles. The molecule has 74 valence electrons. The van der Waals surface area contributed by atoms with E-state index in [9.17, 15) is 13.2 Å². The maximum atomic E-state index is 11.0. The predicted octanol–water partition coefficient (Wildman–Crippen LogP) is -1.12. The minimum absolute atomic E-state index is 0.0927. The van der Waals surface area contributed by atoms with Crippen LogP contribution in [-0.2, 0) is 19.9 Å². The first-order valence-corrected chi connectivity index (χ1v) is 4.72. The third-order valence-electron chi connectivity index (χ3n) is 1.55. The highest BCUT2D eigenvalue weighted by Gasteiger charge is 2.42.